The van der Waals surface area contributed by atoms with E-state index in [-0.39, 0.29) is 11.3 Å². The largest absolute Gasteiger partial charge is 0.322 e. The molecule has 0 saturated heterocycles. The van der Waals surface area contributed by atoms with Gasteiger partial charge in [0, 0.05) is 24.2 Å². The first-order chi connectivity index (χ1) is 12.8. The molecule has 0 unspecified atom stereocenters. The van der Waals surface area contributed by atoms with Gasteiger partial charge in [-0.2, -0.15) is 4.31 Å². The van der Waals surface area contributed by atoms with Crippen LogP contribution < -0.4 is 5.56 Å². The van der Waals surface area contributed by atoms with Crippen LogP contribution in [0.1, 0.15) is 27.8 Å². The molecule has 0 atom stereocenters. The van der Waals surface area contributed by atoms with E-state index in [1.165, 1.54) is 0 Å². The summed E-state index contributed by atoms with van der Waals surface area (Å²) in [4.78, 5) is 14.8. The van der Waals surface area contributed by atoms with E-state index >= 15 is 0 Å². The van der Waals surface area contributed by atoms with Gasteiger partial charge in [0.25, 0.3) is 5.56 Å². The first-order valence-corrected chi connectivity index (χ1v) is 10.6. The van der Waals surface area contributed by atoms with Gasteiger partial charge in [-0.3, -0.25) is 4.79 Å². The van der Waals surface area contributed by atoms with Crippen LogP contribution in [0.15, 0.2) is 47.3 Å². The van der Waals surface area contributed by atoms with Crippen LogP contribution in [0.3, 0.4) is 0 Å². The molecular formula is C21H22N2O3S. The molecular weight excluding hydrogens is 360 g/mol. The Morgan fingerprint density at radius 3 is 2.59 bits per heavy atom. The number of hydrogen-bond donors (Lipinski definition) is 1. The maximum Gasteiger partial charge on any atom is 0.251 e. The summed E-state index contributed by atoms with van der Waals surface area (Å²) in [6, 6.07) is 13.5. The molecule has 2 heterocycles. The Morgan fingerprint density at radius 2 is 1.81 bits per heavy atom. The number of rotatable bonds is 3. The highest BCUT2D eigenvalue weighted by molar-refractivity contribution is 7.88. The third-order valence-electron chi connectivity index (χ3n) is 5.32. The molecule has 1 N–H and O–H groups in total. The molecule has 2 aromatic carbocycles. The Morgan fingerprint density at radius 1 is 1.04 bits per heavy atom. The van der Waals surface area contributed by atoms with Crippen LogP contribution in [0.4, 0.5) is 0 Å². The topological polar surface area (TPSA) is 70.2 Å². The van der Waals surface area contributed by atoms with Gasteiger partial charge >= 0.3 is 0 Å². The molecule has 0 bridgehead atoms. The summed E-state index contributed by atoms with van der Waals surface area (Å²) in [6.45, 7) is 4.54. The Kier molecular flexibility index (Phi) is 4.40. The van der Waals surface area contributed by atoms with E-state index in [9.17, 15) is 13.2 Å². The van der Waals surface area contributed by atoms with Gasteiger partial charge in [0.05, 0.1) is 5.75 Å². The van der Waals surface area contributed by atoms with Crippen molar-refractivity contribution in [3.63, 3.8) is 0 Å². The highest BCUT2D eigenvalue weighted by atomic mass is 32.2. The van der Waals surface area contributed by atoms with E-state index in [0.717, 1.165) is 33.2 Å². The minimum absolute atomic E-state index is 0.0125. The lowest BCUT2D eigenvalue weighted by atomic mass is 9.98. The van der Waals surface area contributed by atoms with Gasteiger partial charge in [-0.15, -0.1) is 0 Å². The van der Waals surface area contributed by atoms with Crippen molar-refractivity contribution in [2.45, 2.75) is 32.6 Å². The zero-order valence-corrected chi connectivity index (χ0v) is 16.3. The van der Waals surface area contributed by atoms with Gasteiger partial charge in [-0.05, 0) is 66.1 Å². The normalized spacial score (nSPS) is 15.0. The van der Waals surface area contributed by atoms with E-state index in [4.69, 9.17) is 0 Å². The quantitative estimate of drug-likeness (QED) is 0.757. The molecule has 3 aromatic rings. The molecule has 0 spiro atoms. The molecule has 0 aliphatic carbocycles. The number of nitrogens with zero attached hydrogens (tertiary/aromatic N) is 1. The second-order valence-electron chi connectivity index (χ2n) is 7.26. The Bertz CT molecular complexity index is 1200. The number of aromatic amines is 1. The Labute approximate surface area is 158 Å². The standard InChI is InChI=1S/C21H22N2O3S/c1-14-5-3-4-6-17(14)13-27(25,26)23-8-7-16-10-18-9-15(2)21(24)22-20(18)11-19(16)12-23/h3-6,9-11H,7-8,12-13H2,1-2H3,(H,22,24). The van der Waals surface area contributed by atoms with Crippen molar-refractivity contribution in [2.75, 3.05) is 6.54 Å². The van der Waals surface area contributed by atoms with Crippen molar-refractivity contribution in [3.8, 4) is 0 Å². The van der Waals surface area contributed by atoms with Crippen molar-refractivity contribution >= 4 is 20.9 Å². The molecule has 1 aromatic heterocycles. The summed E-state index contributed by atoms with van der Waals surface area (Å²) in [5.74, 6) is 0.0125. The van der Waals surface area contributed by atoms with E-state index in [1.54, 1.807) is 11.2 Å². The van der Waals surface area contributed by atoms with Crippen molar-refractivity contribution in [2.24, 2.45) is 0 Å². The Balaban J connectivity index is 1.66. The molecule has 1 aliphatic heterocycles. The van der Waals surface area contributed by atoms with Crippen LogP contribution in [-0.2, 0) is 28.7 Å². The predicted octanol–water partition coefficient (Wildman–Crippen LogP) is 3.03. The smallest absolute Gasteiger partial charge is 0.251 e. The van der Waals surface area contributed by atoms with E-state index in [2.05, 4.69) is 11.1 Å². The SMILES string of the molecule is Cc1ccccc1CS(=O)(=O)N1CCc2cc3cc(C)c(=O)[nH]c3cc2C1. The number of sulfonamides is 1. The molecule has 0 radical (unpaired) electrons. The summed E-state index contributed by atoms with van der Waals surface area (Å²) >= 11 is 0. The van der Waals surface area contributed by atoms with Crippen LogP contribution in [0.25, 0.3) is 10.9 Å². The molecule has 5 nitrogen and oxygen atoms in total. The van der Waals surface area contributed by atoms with E-state index in [1.807, 2.05) is 43.3 Å². The number of hydrogen-bond acceptors (Lipinski definition) is 3. The molecule has 27 heavy (non-hydrogen) atoms. The first kappa shape index (κ1) is 17.9. The molecule has 0 amide bonds. The maximum atomic E-state index is 12.9. The summed E-state index contributed by atoms with van der Waals surface area (Å²) in [6.07, 6.45) is 0.677. The number of H-pyrrole nitrogens is 1. The summed E-state index contributed by atoms with van der Waals surface area (Å²) in [5.41, 5.74) is 5.25. The van der Waals surface area contributed by atoms with Crippen LogP contribution in [0.2, 0.25) is 0 Å². The number of fused-ring (bicyclic) bond motifs is 2. The lowest BCUT2D eigenvalue weighted by Gasteiger charge is -2.28. The minimum Gasteiger partial charge on any atom is -0.322 e. The number of aromatic nitrogens is 1. The molecule has 4 rings (SSSR count). The fourth-order valence-electron chi connectivity index (χ4n) is 3.65. The van der Waals surface area contributed by atoms with Crippen LogP contribution in [-0.4, -0.2) is 24.3 Å². The molecule has 0 fully saturated rings. The number of aryl methyl sites for hydroxylation is 2. The first-order valence-electron chi connectivity index (χ1n) is 9.01. The van der Waals surface area contributed by atoms with Gasteiger partial charge in [-0.25, -0.2) is 8.42 Å². The van der Waals surface area contributed by atoms with Crippen molar-refractivity contribution in [1.29, 1.82) is 0 Å². The molecule has 0 saturated carbocycles. The molecule has 6 heteroatoms. The van der Waals surface area contributed by atoms with Gasteiger partial charge in [0.15, 0.2) is 0 Å². The van der Waals surface area contributed by atoms with Crippen molar-refractivity contribution in [1.82, 2.24) is 9.29 Å². The highest BCUT2D eigenvalue weighted by Gasteiger charge is 2.27. The van der Waals surface area contributed by atoms with E-state index < -0.39 is 10.0 Å². The van der Waals surface area contributed by atoms with Gasteiger partial charge in [0.2, 0.25) is 10.0 Å². The summed E-state index contributed by atoms with van der Waals surface area (Å²) in [7, 11) is -3.41. The maximum absolute atomic E-state index is 12.9. The van der Waals surface area contributed by atoms with Gasteiger partial charge in [-0.1, -0.05) is 24.3 Å². The average molecular weight is 382 g/mol. The third-order valence-corrected chi connectivity index (χ3v) is 7.09. The number of pyridine rings is 1. The third kappa shape index (κ3) is 3.42. The van der Waals surface area contributed by atoms with Crippen molar-refractivity contribution < 1.29 is 8.42 Å². The number of benzene rings is 2. The molecule has 140 valence electrons. The Hall–Kier alpha value is -2.44. The lowest BCUT2D eigenvalue weighted by Crippen LogP contribution is -2.36. The monoisotopic (exact) mass is 382 g/mol. The van der Waals surface area contributed by atoms with Crippen LogP contribution >= 0.6 is 0 Å². The molecule has 1 aliphatic rings. The van der Waals surface area contributed by atoms with Gasteiger partial charge in [0.1, 0.15) is 0 Å². The van der Waals surface area contributed by atoms with E-state index in [0.29, 0.717) is 25.1 Å². The number of nitrogens with one attached hydrogen (secondary N) is 1. The fourth-order valence-corrected chi connectivity index (χ4v) is 5.25. The average Bonchev–Trinajstić information content (AvgIpc) is 2.62. The second kappa shape index (κ2) is 6.62. The second-order valence-corrected chi connectivity index (χ2v) is 9.22. The highest BCUT2D eigenvalue weighted by Crippen LogP contribution is 2.27. The minimum atomic E-state index is -3.41. The van der Waals surface area contributed by atoms with Crippen molar-refractivity contribution in [3.05, 3.63) is 80.6 Å². The lowest BCUT2D eigenvalue weighted by molar-refractivity contribution is 0.391. The van der Waals surface area contributed by atoms with Crippen LogP contribution in [0, 0.1) is 13.8 Å². The zero-order chi connectivity index (χ0) is 19.2. The zero-order valence-electron chi connectivity index (χ0n) is 15.5. The van der Waals surface area contributed by atoms with Gasteiger partial charge < -0.3 is 4.98 Å². The summed E-state index contributed by atoms with van der Waals surface area (Å²) < 4.78 is 27.5. The fraction of sp³-hybridized carbons (Fsp3) is 0.286. The predicted molar refractivity (Wildman–Crippen MR) is 107 cm³/mol. The summed E-state index contributed by atoms with van der Waals surface area (Å²) in [5, 5.41) is 0.988. The van der Waals surface area contributed by atoms with Crippen LogP contribution in [0.5, 0.6) is 0 Å².